The number of nitro benzene ring substituents is 1. The molecule has 1 aromatic carbocycles. The number of aryl methyl sites for hydroxylation is 1. The number of benzene rings is 1. The molecule has 0 radical (unpaired) electrons. The molecule has 0 spiro atoms. The molecule has 0 bridgehead atoms. The maximum absolute atomic E-state index is 12.0. The van der Waals surface area contributed by atoms with Crippen LogP contribution in [0.3, 0.4) is 0 Å². The Kier molecular flexibility index (Phi) is 5.25. The molecule has 1 N–H and O–H groups in total. The van der Waals surface area contributed by atoms with Gasteiger partial charge in [0.05, 0.1) is 15.9 Å². The Morgan fingerprint density at radius 3 is 2.63 bits per heavy atom. The fourth-order valence-corrected chi connectivity index (χ4v) is 4.26. The smallest absolute Gasteiger partial charge is 0.293 e. The Balaban J connectivity index is 2.08. The van der Waals surface area contributed by atoms with Crippen molar-refractivity contribution in [1.29, 1.82) is 0 Å². The van der Waals surface area contributed by atoms with Crippen molar-refractivity contribution in [2.24, 2.45) is 5.92 Å². The van der Waals surface area contributed by atoms with Gasteiger partial charge in [0.25, 0.3) is 5.69 Å². The van der Waals surface area contributed by atoms with Gasteiger partial charge in [0.2, 0.25) is 10.0 Å². The van der Waals surface area contributed by atoms with Gasteiger partial charge in [0.1, 0.15) is 17.2 Å². The van der Waals surface area contributed by atoms with E-state index < -0.39 is 14.9 Å². The molecule has 9 heteroatoms. The van der Waals surface area contributed by atoms with Gasteiger partial charge in [0, 0.05) is 12.6 Å². The number of piperidine rings is 1. The van der Waals surface area contributed by atoms with Gasteiger partial charge < -0.3 is 9.32 Å². The summed E-state index contributed by atoms with van der Waals surface area (Å²) in [7, 11) is -2.49. The van der Waals surface area contributed by atoms with Crippen LogP contribution in [0.2, 0.25) is 0 Å². The van der Waals surface area contributed by atoms with E-state index in [0.717, 1.165) is 30.4 Å². The number of nitro groups is 1. The van der Waals surface area contributed by atoms with Crippen molar-refractivity contribution in [3.8, 4) is 0 Å². The zero-order valence-corrected chi connectivity index (χ0v) is 16.3. The van der Waals surface area contributed by atoms with Crippen LogP contribution in [-0.4, -0.2) is 26.9 Å². The molecule has 2 unspecified atom stereocenters. The van der Waals surface area contributed by atoms with Crippen LogP contribution in [0.25, 0.3) is 0 Å². The summed E-state index contributed by atoms with van der Waals surface area (Å²) in [6.07, 6.45) is 1.70. The molecular weight excluding hydrogens is 370 g/mol. The van der Waals surface area contributed by atoms with Crippen molar-refractivity contribution in [2.45, 2.75) is 37.6 Å². The summed E-state index contributed by atoms with van der Waals surface area (Å²) in [5, 5.41) is 11.7. The lowest BCUT2D eigenvalue weighted by Gasteiger charge is -2.38. The van der Waals surface area contributed by atoms with E-state index >= 15 is 0 Å². The first-order valence-electron chi connectivity index (χ1n) is 8.78. The van der Waals surface area contributed by atoms with Crippen LogP contribution in [0.1, 0.15) is 37.3 Å². The van der Waals surface area contributed by atoms with Crippen LogP contribution < -0.4 is 9.62 Å². The number of hydrogen-bond acceptors (Lipinski definition) is 6. The summed E-state index contributed by atoms with van der Waals surface area (Å²) in [5.41, 5.74) is 0.176. The van der Waals surface area contributed by atoms with Crippen LogP contribution in [0.15, 0.2) is 39.6 Å². The van der Waals surface area contributed by atoms with Gasteiger partial charge in [0.15, 0.2) is 0 Å². The fourth-order valence-electron chi connectivity index (χ4n) is 3.51. The van der Waals surface area contributed by atoms with E-state index in [2.05, 4.69) is 11.6 Å². The molecule has 2 aromatic rings. The molecule has 0 saturated carbocycles. The lowest BCUT2D eigenvalue weighted by atomic mass is 9.90. The maximum Gasteiger partial charge on any atom is 0.293 e. The fraction of sp³-hybridized carbons (Fsp3) is 0.444. The number of anilines is 1. The van der Waals surface area contributed by atoms with E-state index in [1.807, 2.05) is 24.0 Å². The van der Waals surface area contributed by atoms with Gasteiger partial charge in [-0.05, 0) is 57.0 Å². The number of rotatable bonds is 5. The molecular formula is C18H23N3O5S. The molecule has 1 aromatic heterocycles. The van der Waals surface area contributed by atoms with E-state index in [0.29, 0.717) is 18.2 Å². The summed E-state index contributed by atoms with van der Waals surface area (Å²) in [5.74, 6) is 2.01. The van der Waals surface area contributed by atoms with Crippen LogP contribution in [-0.2, 0) is 10.0 Å². The van der Waals surface area contributed by atoms with Crippen molar-refractivity contribution in [3.63, 3.8) is 0 Å². The van der Waals surface area contributed by atoms with Crippen LogP contribution in [0.5, 0.6) is 0 Å². The topological polar surface area (TPSA) is 106 Å². The molecule has 2 atom stereocenters. The van der Waals surface area contributed by atoms with E-state index in [1.54, 1.807) is 0 Å². The number of furan rings is 1. The highest BCUT2D eigenvalue weighted by atomic mass is 32.2. The molecule has 8 nitrogen and oxygen atoms in total. The third-order valence-electron chi connectivity index (χ3n) is 4.99. The number of sulfonamides is 1. The molecule has 2 heterocycles. The summed E-state index contributed by atoms with van der Waals surface area (Å²) in [4.78, 5) is 13.0. The number of nitrogens with one attached hydrogen (secondary N) is 1. The summed E-state index contributed by atoms with van der Waals surface area (Å²) < 4.78 is 32.1. The molecule has 1 saturated heterocycles. The summed E-state index contributed by atoms with van der Waals surface area (Å²) in [6, 6.07) is 7.68. The maximum atomic E-state index is 12.0. The minimum Gasteiger partial charge on any atom is -0.464 e. The van der Waals surface area contributed by atoms with Gasteiger partial charge >= 0.3 is 0 Å². The van der Waals surface area contributed by atoms with Gasteiger partial charge in [-0.1, -0.05) is 6.92 Å². The Morgan fingerprint density at radius 1 is 1.30 bits per heavy atom. The largest absolute Gasteiger partial charge is 0.464 e. The summed E-state index contributed by atoms with van der Waals surface area (Å²) in [6.45, 7) is 4.64. The molecule has 1 aliphatic heterocycles. The Morgan fingerprint density at radius 2 is 2.04 bits per heavy atom. The van der Waals surface area contributed by atoms with Gasteiger partial charge in [-0.2, -0.15) is 0 Å². The first-order chi connectivity index (χ1) is 12.7. The van der Waals surface area contributed by atoms with Crippen LogP contribution in [0.4, 0.5) is 11.4 Å². The average Bonchev–Trinajstić information content (AvgIpc) is 3.07. The van der Waals surface area contributed by atoms with Crippen LogP contribution >= 0.6 is 0 Å². The second kappa shape index (κ2) is 7.32. The van der Waals surface area contributed by atoms with Crippen molar-refractivity contribution >= 4 is 21.4 Å². The minimum absolute atomic E-state index is 0.128. The van der Waals surface area contributed by atoms with Gasteiger partial charge in [-0.3, -0.25) is 10.1 Å². The molecule has 146 valence electrons. The van der Waals surface area contributed by atoms with Crippen LogP contribution in [0, 0.1) is 23.0 Å². The molecule has 1 fully saturated rings. The highest BCUT2D eigenvalue weighted by Crippen LogP contribution is 2.42. The number of hydrogen-bond donors (Lipinski definition) is 1. The van der Waals surface area contributed by atoms with E-state index in [1.165, 1.54) is 19.2 Å². The predicted molar refractivity (Wildman–Crippen MR) is 101 cm³/mol. The van der Waals surface area contributed by atoms with Crippen molar-refractivity contribution in [1.82, 2.24) is 4.72 Å². The first kappa shape index (κ1) is 19.4. The highest BCUT2D eigenvalue weighted by molar-refractivity contribution is 7.89. The standard InChI is InChI=1S/C18H23N3O5S/c1-12-8-9-20(17(10-12)18-7-4-13(2)26-18)15-6-5-14(27(24,25)19-3)11-16(15)21(22)23/h4-7,11-12,17,19H,8-10H2,1-3H3. The molecule has 0 aliphatic carbocycles. The lowest BCUT2D eigenvalue weighted by Crippen LogP contribution is -2.36. The normalized spacial score (nSPS) is 20.6. The van der Waals surface area contributed by atoms with E-state index in [-0.39, 0.29) is 16.6 Å². The third kappa shape index (κ3) is 3.84. The highest BCUT2D eigenvalue weighted by Gasteiger charge is 2.34. The molecule has 3 rings (SSSR count). The second-order valence-electron chi connectivity index (χ2n) is 6.90. The molecule has 1 aliphatic rings. The van der Waals surface area contributed by atoms with Gasteiger partial charge in [-0.25, -0.2) is 13.1 Å². The quantitative estimate of drug-likeness (QED) is 0.617. The monoisotopic (exact) mass is 393 g/mol. The van der Waals surface area contributed by atoms with Crippen molar-refractivity contribution in [3.05, 3.63) is 52.0 Å². The van der Waals surface area contributed by atoms with E-state index in [4.69, 9.17) is 4.42 Å². The zero-order valence-electron chi connectivity index (χ0n) is 15.5. The Labute approximate surface area is 158 Å². The average molecular weight is 393 g/mol. The Bertz CT molecular complexity index is 954. The third-order valence-corrected chi connectivity index (χ3v) is 6.40. The first-order valence-corrected chi connectivity index (χ1v) is 10.3. The molecule has 0 amide bonds. The SMILES string of the molecule is CNS(=O)(=O)c1ccc(N2CCC(C)CC2c2ccc(C)o2)c([N+](=O)[O-])c1. The van der Waals surface area contributed by atoms with Crippen molar-refractivity contribution < 1.29 is 17.8 Å². The number of nitrogens with zero attached hydrogens (tertiary/aromatic N) is 2. The van der Waals surface area contributed by atoms with E-state index in [9.17, 15) is 18.5 Å². The molecule has 27 heavy (non-hydrogen) atoms. The minimum atomic E-state index is -3.76. The predicted octanol–water partition coefficient (Wildman–Crippen LogP) is 3.38. The van der Waals surface area contributed by atoms with Gasteiger partial charge in [-0.15, -0.1) is 0 Å². The lowest BCUT2D eigenvalue weighted by molar-refractivity contribution is -0.384. The summed E-state index contributed by atoms with van der Waals surface area (Å²) >= 11 is 0. The Hall–Kier alpha value is -2.39. The van der Waals surface area contributed by atoms with Crippen molar-refractivity contribution in [2.75, 3.05) is 18.5 Å². The zero-order chi connectivity index (χ0) is 19.8. The second-order valence-corrected chi connectivity index (χ2v) is 8.79.